The lowest BCUT2D eigenvalue weighted by atomic mass is 10.3. The van der Waals surface area contributed by atoms with Gasteiger partial charge in [-0.05, 0) is 14.1 Å². The molecule has 1 heterocycles. The zero-order valence-electron chi connectivity index (χ0n) is 9.09. The monoisotopic (exact) mass is 185 g/mol. The van der Waals surface area contributed by atoms with E-state index in [4.69, 9.17) is 0 Å². The molecule has 4 nitrogen and oxygen atoms in total. The van der Waals surface area contributed by atoms with E-state index in [-0.39, 0.29) is 5.56 Å². The lowest BCUT2D eigenvalue weighted by Gasteiger charge is -2.04. The van der Waals surface area contributed by atoms with Crippen LogP contribution in [0.2, 0.25) is 0 Å². The summed E-state index contributed by atoms with van der Waals surface area (Å²) in [6.07, 6.45) is 1.81. The molecule has 4 heteroatoms. The Morgan fingerprint density at radius 1 is 1.46 bits per heavy atom. The summed E-state index contributed by atoms with van der Waals surface area (Å²) in [6.45, 7) is 4.69. The Bertz CT molecular complexity index is 285. The Labute approximate surface area is 79.2 Å². The van der Waals surface area contributed by atoms with E-state index in [0.29, 0.717) is 6.54 Å². The molecule has 0 spiro atoms. The molecule has 1 N–H and O–H groups in total. The van der Waals surface area contributed by atoms with Crippen molar-refractivity contribution in [3.63, 3.8) is 0 Å². The van der Waals surface area contributed by atoms with Gasteiger partial charge in [0, 0.05) is 19.8 Å². The minimum absolute atomic E-state index is 0.00111. The van der Waals surface area contributed by atoms with E-state index >= 15 is 0 Å². The van der Waals surface area contributed by atoms with Gasteiger partial charge in [-0.1, -0.05) is 13.8 Å². The number of aromatic amines is 1. The van der Waals surface area contributed by atoms with E-state index in [1.807, 2.05) is 39.0 Å². The van der Waals surface area contributed by atoms with Crippen LogP contribution >= 0.6 is 0 Å². The first-order valence-electron chi connectivity index (χ1n) is 4.49. The Kier molecular flexibility index (Phi) is 5.14. The summed E-state index contributed by atoms with van der Waals surface area (Å²) in [5, 5.41) is 2.65. The Balaban J connectivity index is 0.000000671. The average Bonchev–Trinajstić information content (AvgIpc) is 2.33. The minimum atomic E-state index is 0.00111. The Hall–Kier alpha value is -1.03. The first-order valence-corrected chi connectivity index (χ1v) is 4.49. The third kappa shape index (κ3) is 3.94. The number of hydrogen-bond donors (Lipinski definition) is 1. The number of rotatable bonds is 2. The van der Waals surface area contributed by atoms with Gasteiger partial charge in [-0.15, -0.1) is 0 Å². The summed E-state index contributed by atoms with van der Waals surface area (Å²) in [6, 6.07) is 0. The summed E-state index contributed by atoms with van der Waals surface area (Å²) < 4.78 is 1.67. The molecule has 1 aromatic rings. The molecule has 0 aliphatic carbocycles. The third-order valence-corrected chi connectivity index (χ3v) is 1.41. The molecule has 0 saturated heterocycles. The highest BCUT2D eigenvalue weighted by Gasteiger charge is 2.01. The van der Waals surface area contributed by atoms with Crippen molar-refractivity contribution in [1.29, 1.82) is 0 Å². The van der Waals surface area contributed by atoms with Gasteiger partial charge in [0.2, 0.25) is 0 Å². The fraction of sp³-hybridized carbons (Fsp3) is 0.667. The highest BCUT2D eigenvalue weighted by atomic mass is 16.1. The standard InChI is InChI=1S/C7H13N3O.C2H6/c1-9(2)4-6-5-10(3)8-7(6)11;1-2/h5H,4H2,1-3H3,(H,8,11);1-2H3. The molecule has 0 fully saturated rings. The smallest absolute Gasteiger partial charge is 0.268 e. The molecule has 1 rings (SSSR count). The van der Waals surface area contributed by atoms with Gasteiger partial charge < -0.3 is 4.90 Å². The summed E-state index contributed by atoms with van der Waals surface area (Å²) >= 11 is 0. The van der Waals surface area contributed by atoms with Crippen LogP contribution in [-0.4, -0.2) is 28.8 Å². The van der Waals surface area contributed by atoms with Crippen LogP contribution in [0, 0.1) is 0 Å². The second-order valence-corrected chi connectivity index (χ2v) is 2.94. The molecule has 0 bridgehead atoms. The third-order valence-electron chi connectivity index (χ3n) is 1.41. The highest BCUT2D eigenvalue weighted by molar-refractivity contribution is 5.03. The van der Waals surface area contributed by atoms with Crippen LogP contribution in [0.5, 0.6) is 0 Å². The van der Waals surface area contributed by atoms with Crippen molar-refractivity contribution in [3.05, 3.63) is 22.1 Å². The predicted octanol–water partition coefficient (Wildman–Crippen LogP) is 0.801. The first kappa shape index (κ1) is 12.0. The van der Waals surface area contributed by atoms with Crippen LogP contribution in [0.3, 0.4) is 0 Å². The quantitative estimate of drug-likeness (QED) is 0.740. The Morgan fingerprint density at radius 3 is 2.31 bits per heavy atom. The molecule has 1 aromatic heterocycles. The van der Waals surface area contributed by atoms with E-state index in [2.05, 4.69) is 5.10 Å². The van der Waals surface area contributed by atoms with Crippen LogP contribution in [0.4, 0.5) is 0 Å². The molecule has 0 unspecified atom stereocenters. The van der Waals surface area contributed by atoms with E-state index in [1.54, 1.807) is 11.7 Å². The molecule has 0 amide bonds. The minimum Gasteiger partial charge on any atom is -0.305 e. The van der Waals surface area contributed by atoms with Crippen molar-refractivity contribution >= 4 is 0 Å². The molecular weight excluding hydrogens is 166 g/mol. The van der Waals surface area contributed by atoms with Gasteiger partial charge >= 0.3 is 0 Å². The second-order valence-electron chi connectivity index (χ2n) is 2.94. The zero-order chi connectivity index (χ0) is 10.4. The van der Waals surface area contributed by atoms with Crippen LogP contribution in [-0.2, 0) is 13.6 Å². The summed E-state index contributed by atoms with van der Waals surface area (Å²) in [7, 11) is 5.68. The molecule has 0 aliphatic heterocycles. The van der Waals surface area contributed by atoms with Crippen LogP contribution in [0.25, 0.3) is 0 Å². The average molecular weight is 185 g/mol. The molecule has 13 heavy (non-hydrogen) atoms. The Morgan fingerprint density at radius 2 is 2.00 bits per heavy atom. The van der Waals surface area contributed by atoms with Crippen LogP contribution in [0.15, 0.2) is 11.0 Å². The van der Waals surface area contributed by atoms with Crippen molar-refractivity contribution in [2.24, 2.45) is 7.05 Å². The van der Waals surface area contributed by atoms with E-state index in [0.717, 1.165) is 5.56 Å². The van der Waals surface area contributed by atoms with Gasteiger partial charge in [-0.2, -0.15) is 0 Å². The van der Waals surface area contributed by atoms with Crippen molar-refractivity contribution in [1.82, 2.24) is 14.7 Å². The molecule has 0 radical (unpaired) electrons. The van der Waals surface area contributed by atoms with E-state index in [9.17, 15) is 4.79 Å². The van der Waals surface area contributed by atoms with Gasteiger partial charge in [0.25, 0.3) is 5.56 Å². The number of nitrogens with zero attached hydrogens (tertiary/aromatic N) is 2. The van der Waals surface area contributed by atoms with E-state index < -0.39 is 0 Å². The van der Waals surface area contributed by atoms with Gasteiger partial charge in [0.1, 0.15) is 0 Å². The van der Waals surface area contributed by atoms with Gasteiger partial charge in [-0.3, -0.25) is 14.6 Å². The van der Waals surface area contributed by atoms with Crippen molar-refractivity contribution < 1.29 is 0 Å². The lowest BCUT2D eigenvalue weighted by molar-refractivity contribution is 0.401. The predicted molar refractivity (Wildman–Crippen MR) is 54.8 cm³/mol. The first-order chi connectivity index (χ1) is 6.09. The van der Waals surface area contributed by atoms with Crippen molar-refractivity contribution in [2.75, 3.05) is 14.1 Å². The van der Waals surface area contributed by atoms with Crippen molar-refractivity contribution in [2.45, 2.75) is 20.4 Å². The topological polar surface area (TPSA) is 41.0 Å². The van der Waals surface area contributed by atoms with E-state index in [1.165, 1.54) is 0 Å². The van der Waals surface area contributed by atoms with Gasteiger partial charge in [0.05, 0.1) is 5.56 Å². The maximum atomic E-state index is 11.1. The molecule has 76 valence electrons. The second kappa shape index (κ2) is 5.59. The van der Waals surface area contributed by atoms with Crippen molar-refractivity contribution in [3.8, 4) is 0 Å². The number of hydrogen-bond acceptors (Lipinski definition) is 2. The lowest BCUT2D eigenvalue weighted by Crippen LogP contribution is -2.16. The molecule has 0 saturated carbocycles. The van der Waals surface area contributed by atoms with Crippen LogP contribution < -0.4 is 5.56 Å². The molecule has 0 aromatic carbocycles. The SMILES string of the molecule is CC.CN(C)Cc1cn(C)[nH]c1=O. The number of aryl methyl sites for hydroxylation is 1. The normalized spacial score (nSPS) is 9.69. The zero-order valence-corrected chi connectivity index (χ0v) is 9.09. The van der Waals surface area contributed by atoms with Crippen LogP contribution in [0.1, 0.15) is 19.4 Å². The fourth-order valence-corrected chi connectivity index (χ4v) is 1.01. The summed E-state index contributed by atoms with van der Waals surface area (Å²) in [5.41, 5.74) is 0.804. The summed E-state index contributed by atoms with van der Waals surface area (Å²) in [5.74, 6) is 0. The highest BCUT2D eigenvalue weighted by Crippen LogP contribution is 1.92. The maximum absolute atomic E-state index is 11.1. The molecule has 0 atom stereocenters. The number of nitrogens with one attached hydrogen (secondary N) is 1. The maximum Gasteiger partial charge on any atom is 0.268 e. The largest absolute Gasteiger partial charge is 0.305 e. The molecule has 0 aliphatic rings. The molecular formula is C9H19N3O. The number of H-pyrrole nitrogens is 1. The van der Waals surface area contributed by atoms with Gasteiger partial charge in [-0.25, -0.2) is 0 Å². The fourth-order valence-electron chi connectivity index (χ4n) is 1.01. The number of aromatic nitrogens is 2. The van der Waals surface area contributed by atoms with Gasteiger partial charge in [0.15, 0.2) is 0 Å². The summed E-state index contributed by atoms with van der Waals surface area (Å²) in [4.78, 5) is 13.0.